The highest BCUT2D eigenvalue weighted by Crippen LogP contribution is 2.35. The van der Waals surface area contributed by atoms with Gasteiger partial charge in [0.25, 0.3) is 0 Å². The van der Waals surface area contributed by atoms with Crippen molar-refractivity contribution in [3.63, 3.8) is 0 Å². The molecule has 2 amide bonds. The van der Waals surface area contributed by atoms with Gasteiger partial charge in [-0.3, -0.25) is 9.59 Å². The summed E-state index contributed by atoms with van der Waals surface area (Å²) in [6, 6.07) is 3.77. The number of nitrogens with zero attached hydrogens (tertiary/aromatic N) is 2. The van der Waals surface area contributed by atoms with E-state index in [1.165, 1.54) is 0 Å². The smallest absolute Gasteiger partial charge is 0.233 e. The Kier molecular flexibility index (Phi) is 4.92. The van der Waals surface area contributed by atoms with E-state index in [4.69, 9.17) is 0 Å². The van der Waals surface area contributed by atoms with Crippen LogP contribution in [0.2, 0.25) is 0 Å². The van der Waals surface area contributed by atoms with Gasteiger partial charge in [-0.25, -0.2) is 4.98 Å². The standard InChI is InChI=1S/C17H26N4O2/c1-17(2,3)12-10-20-16(23)13(12)15(22)19-9-11-7-6-8-18-14(11)21(4)5/h6-8,12-13H,9-10H2,1-5H3,(H,19,22)(H,20,23)/t12-,13-/m0/s1. The number of rotatable bonds is 4. The van der Waals surface area contributed by atoms with Crippen LogP contribution in [-0.2, 0) is 16.1 Å². The number of amides is 2. The van der Waals surface area contributed by atoms with Gasteiger partial charge in [-0.2, -0.15) is 0 Å². The van der Waals surface area contributed by atoms with Gasteiger partial charge in [0.15, 0.2) is 0 Å². The molecule has 0 bridgehead atoms. The van der Waals surface area contributed by atoms with Crippen molar-refractivity contribution in [1.82, 2.24) is 15.6 Å². The Labute approximate surface area is 137 Å². The third-order valence-electron chi connectivity index (χ3n) is 4.32. The van der Waals surface area contributed by atoms with Crippen LogP contribution in [0, 0.1) is 17.3 Å². The van der Waals surface area contributed by atoms with Crippen LogP contribution in [0.25, 0.3) is 0 Å². The van der Waals surface area contributed by atoms with E-state index in [1.54, 1.807) is 6.20 Å². The van der Waals surface area contributed by atoms with Crippen LogP contribution in [0.5, 0.6) is 0 Å². The molecule has 2 rings (SSSR count). The molecule has 0 spiro atoms. The Balaban J connectivity index is 2.09. The average Bonchev–Trinajstić information content (AvgIpc) is 2.87. The molecule has 1 aromatic rings. The summed E-state index contributed by atoms with van der Waals surface area (Å²) in [7, 11) is 3.82. The maximum absolute atomic E-state index is 12.6. The van der Waals surface area contributed by atoms with E-state index >= 15 is 0 Å². The Morgan fingerprint density at radius 3 is 2.74 bits per heavy atom. The van der Waals surface area contributed by atoms with Gasteiger partial charge in [0.2, 0.25) is 11.8 Å². The van der Waals surface area contributed by atoms with Gasteiger partial charge in [-0.1, -0.05) is 26.8 Å². The van der Waals surface area contributed by atoms with Crippen LogP contribution >= 0.6 is 0 Å². The average molecular weight is 318 g/mol. The normalized spacial score (nSPS) is 21.0. The molecule has 1 fully saturated rings. The van der Waals surface area contributed by atoms with Crippen LogP contribution in [0.3, 0.4) is 0 Å². The second kappa shape index (κ2) is 6.56. The monoisotopic (exact) mass is 318 g/mol. The summed E-state index contributed by atoms with van der Waals surface area (Å²) in [6.07, 6.45) is 1.72. The largest absolute Gasteiger partial charge is 0.362 e. The van der Waals surface area contributed by atoms with Gasteiger partial charge >= 0.3 is 0 Å². The summed E-state index contributed by atoms with van der Waals surface area (Å²) < 4.78 is 0. The molecule has 0 unspecified atom stereocenters. The third kappa shape index (κ3) is 3.81. The van der Waals surface area contributed by atoms with E-state index in [0.29, 0.717) is 13.1 Å². The molecule has 0 radical (unpaired) electrons. The molecule has 1 aliphatic heterocycles. The lowest BCUT2D eigenvalue weighted by Crippen LogP contribution is -2.40. The predicted octanol–water partition coefficient (Wildman–Crippen LogP) is 1.17. The van der Waals surface area contributed by atoms with Crippen LogP contribution in [-0.4, -0.2) is 37.4 Å². The number of pyridine rings is 1. The zero-order chi connectivity index (χ0) is 17.2. The van der Waals surface area contributed by atoms with Crippen LogP contribution in [0.4, 0.5) is 5.82 Å². The minimum absolute atomic E-state index is 0.00258. The second-order valence-corrected chi connectivity index (χ2v) is 7.29. The topological polar surface area (TPSA) is 74.3 Å². The summed E-state index contributed by atoms with van der Waals surface area (Å²) in [4.78, 5) is 30.9. The molecule has 6 nitrogen and oxygen atoms in total. The van der Waals surface area contributed by atoms with E-state index in [1.807, 2.05) is 31.1 Å². The molecule has 2 N–H and O–H groups in total. The van der Waals surface area contributed by atoms with Crippen molar-refractivity contribution >= 4 is 17.6 Å². The van der Waals surface area contributed by atoms with E-state index in [-0.39, 0.29) is 23.1 Å². The Morgan fingerprint density at radius 1 is 1.43 bits per heavy atom. The molecule has 2 atom stereocenters. The molecule has 0 aliphatic carbocycles. The minimum atomic E-state index is -0.630. The third-order valence-corrected chi connectivity index (χ3v) is 4.32. The summed E-state index contributed by atoms with van der Waals surface area (Å²) in [5, 5.41) is 5.72. The lowest BCUT2D eigenvalue weighted by Gasteiger charge is -2.29. The molecule has 1 aromatic heterocycles. The highest BCUT2D eigenvalue weighted by Gasteiger charge is 2.45. The molecule has 0 saturated carbocycles. The molecule has 23 heavy (non-hydrogen) atoms. The first-order valence-electron chi connectivity index (χ1n) is 7.88. The Hall–Kier alpha value is -2.11. The molecular formula is C17H26N4O2. The lowest BCUT2D eigenvalue weighted by molar-refractivity contribution is -0.135. The van der Waals surface area contributed by atoms with Crippen molar-refractivity contribution in [3.8, 4) is 0 Å². The van der Waals surface area contributed by atoms with Gasteiger partial charge in [-0.15, -0.1) is 0 Å². The molecule has 126 valence electrons. The summed E-state index contributed by atoms with van der Waals surface area (Å²) in [5.74, 6) is -0.210. The van der Waals surface area contributed by atoms with Crippen molar-refractivity contribution in [2.24, 2.45) is 17.3 Å². The number of aromatic nitrogens is 1. The fourth-order valence-corrected chi connectivity index (χ4v) is 2.99. The lowest BCUT2D eigenvalue weighted by atomic mass is 9.74. The predicted molar refractivity (Wildman–Crippen MR) is 89.9 cm³/mol. The van der Waals surface area contributed by atoms with Gasteiger partial charge in [0.1, 0.15) is 11.7 Å². The number of carbonyl (C=O) groups excluding carboxylic acids is 2. The van der Waals surface area contributed by atoms with Crippen molar-refractivity contribution < 1.29 is 9.59 Å². The maximum atomic E-state index is 12.6. The minimum Gasteiger partial charge on any atom is -0.362 e. The van der Waals surface area contributed by atoms with E-state index in [0.717, 1.165) is 11.4 Å². The second-order valence-electron chi connectivity index (χ2n) is 7.29. The van der Waals surface area contributed by atoms with Crippen molar-refractivity contribution in [2.75, 3.05) is 25.5 Å². The van der Waals surface area contributed by atoms with Crippen molar-refractivity contribution in [3.05, 3.63) is 23.9 Å². The quantitative estimate of drug-likeness (QED) is 0.817. The van der Waals surface area contributed by atoms with E-state index in [9.17, 15) is 9.59 Å². The summed E-state index contributed by atoms with van der Waals surface area (Å²) in [6.45, 7) is 7.09. The number of hydrogen-bond donors (Lipinski definition) is 2. The fourth-order valence-electron chi connectivity index (χ4n) is 2.99. The van der Waals surface area contributed by atoms with Crippen LogP contribution in [0.1, 0.15) is 26.3 Å². The molecule has 1 saturated heterocycles. The Bertz CT molecular complexity index is 593. The summed E-state index contributed by atoms with van der Waals surface area (Å²) in [5.41, 5.74) is 0.820. The van der Waals surface area contributed by atoms with Gasteiger partial charge in [-0.05, 0) is 11.5 Å². The van der Waals surface area contributed by atoms with Crippen molar-refractivity contribution in [1.29, 1.82) is 0 Å². The van der Waals surface area contributed by atoms with Crippen LogP contribution < -0.4 is 15.5 Å². The molecule has 6 heteroatoms. The first-order valence-corrected chi connectivity index (χ1v) is 7.88. The van der Waals surface area contributed by atoms with E-state index < -0.39 is 5.92 Å². The zero-order valence-corrected chi connectivity index (χ0v) is 14.5. The van der Waals surface area contributed by atoms with Crippen LogP contribution in [0.15, 0.2) is 18.3 Å². The zero-order valence-electron chi connectivity index (χ0n) is 14.5. The first kappa shape index (κ1) is 17.2. The number of anilines is 1. The fraction of sp³-hybridized carbons (Fsp3) is 0.588. The van der Waals surface area contributed by atoms with Gasteiger partial charge < -0.3 is 15.5 Å². The first-order chi connectivity index (χ1) is 10.7. The number of carbonyl (C=O) groups is 2. The number of nitrogens with one attached hydrogen (secondary N) is 2. The molecular weight excluding hydrogens is 292 g/mol. The summed E-state index contributed by atoms with van der Waals surface area (Å²) >= 11 is 0. The maximum Gasteiger partial charge on any atom is 0.233 e. The van der Waals surface area contributed by atoms with Crippen molar-refractivity contribution in [2.45, 2.75) is 27.3 Å². The highest BCUT2D eigenvalue weighted by atomic mass is 16.2. The molecule has 0 aromatic carbocycles. The number of hydrogen-bond acceptors (Lipinski definition) is 4. The molecule has 1 aliphatic rings. The van der Waals surface area contributed by atoms with E-state index in [2.05, 4.69) is 36.4 Å². The Morgan fingerprint density at radius 2 is 2.13 bits per heavy atom. The SMILES string of the molecule is CN(C)c1ncccc1CNC(=O)[C@H]1C(=O)NC[C@@H]1C(C)(C)C. The van der Waals surface area contributed by atoms with Gasteiger partial charge in [0.05, 0.1) is 0 Å². The van der Waals surface area contributed by atoms with Gasteiger partial charge in [0, 0.05) is 44.9 Å². The highest BCUT2D eigenvalue weighted by molar-refractivity contribution is 6.02. The molecule has 2 heterocycles.